The molecule has 2 heterocycles. The maximum atomic E-state index is 11.3. The van der Waals surface area contributed by atoms with Crippen LogP contribution in [0, 0.1) is 5.92 Å². The summed E-state index contributed by atoms with van der Waals surface area (Å²) in [5.41, 5.74) is 0. The van der Waals surface area contributed by atoms with Gasteiger partial charge in [0.1, 0.15) is 5.78 Å². The van der Waals surface area contributed by atoms with Crippen LogP contribution in [0.15, 0.2) is 4.52 Å². The summed E-state index contributed by atoms with van der Waals surface area (Å²) < 4.78 is 27.5. The molecule has 17 heavy (non-hydrogen) atoms. The molecule has 0 spiro atoms. The largest absolute Gasteiger partial charge is 0.339 e. The minimum absolute atomic E-state index is 0.0383. The van der Waals surface area contributed by atoms with Crippen molar-refractivity contribution in [2.24, 2.45) is 5.92 Å². The fraction of sp³-hybridized carbons (Fsp3) is 0.700. The van der Waals surface area contributed by atoms with Crippen molar-refractivity contribution >= 4 is 15.6 Å². The van der Waals surface area contributed by atoms with E-state index in [0.717, 1.165) is 0 Å². The molecule has 1 aromatic heterocycles. The predicted octanol–water partition coefficient (Wildman–Crippen LogP) is 0.178. The molecule has 0 amide bonds. The summed E-state index contributed by atoms with van der Waals surface area (Å²) in [7, 11) is -2.87. The maximum Gasteiger partial charge on any atom is 0.234 e. The second-order valence-corrected chi connectivity index (χ2v) is 6.69. The van der Waals surface area contributed by atoms with Crippen LogP contribution in [-0.2, 0) is 27.5 Å². The van der Waals surface area contributed by atoms with Gasteiger partial charge in [0.25, 0.3) is 0 Å². The number of hydrogen-bond acceptors (Lipinski definition) is 6. The van der Waals surface area contributed by atoms with Crippen molar-refractivity contribution in [3.05, 3.63) is 11.7 Å². The molecule has 0 saturated carbocycles. The lowest BCUT2D eigenvalue weighted by Crippen LogP contribution is -2.08. The number of Topliss-reactive ketones (excluding diaryl/α,β-unsaturated/α-hetero) is 1. The molecule has 2 rings (SSSR count). The number of hydrogen-bond donors (Lipinski definition) is 0. The topological polar surface area (TPSA) is 90.1 Å². The molecule has 0 aliphatic carbocycles. The van der Waals surface area contributed by atoms with Gasteiger partial charge >= 0.3 is 0 Å². The summed E-state index contributed by atoms with van der Waals surface area (Å²) in [6, 6.07) is 0. The zero-order chi connectivity index (χ0) is 12.5. The Balaban J connectivity index is 1.96. The van der Waals surface area contributed by atoms with Gasteiger partial charge < -0.3 is 4.52 Å². The molecule has 1 aromatic rings. The van der Waals surface area contributed by atoms with Crippen LogP contribution in [0.2, 0.25) is 0 Å². The standard InChI is InChI=1S/C10H14N2O4S/c1-7(13)4-10-11-9(12-16-10)5-8-2-3-17(14,15)6-8/h8H,2-6H2,1H3. The lowest BCUT2D eigenvalue weighted by atomic mass is 10.1. The van der Waals surface area contributed by atoms with Gasteiger partial charge in [0.05, 0.1) is 17.9 Å². The Hall–Kier alpha value is -1.24. The summed E-state index contributed by atoms with van der Waals surface area (Å²) in [6.45, 7) is 1.45. The second-order valence-electron chi connectivity index (χ2n) is 4.46. The van der Waals surface area contributed by atoms with Gasteiger partial charge in [-0.2, -0.15) is 4.98 Å². The first-order valence-electron chi connectivity index (χ1n) is 5.46. The molecule has 7 heteroatoms. The van der Waals surface area contributed by atoms with Crippen LogP contribution >= 0.6 is 0 Å². The molecule has 0 bridgehead atoms. The van der Waals surface area contributed by atoms with E-state index in [1.807, 2.05) is 0 Å². The van der Waals surface area contributed by atoms with Crippen LogP contribution in [0.5, 0.6) is 0 Å². The third-order valence-electron chi connectivity index (χ3n) is 2.71. The molecule has 1 saturated heterocycles. The minimum atomic E-state index is -2.87. The average Bonchev–Trinajstić information content (AvgIpc) is 2.73. The monoisotopic (exact) mass is 258 g/mol. The van der Waals surface area contributed by atoms with Crippen LogP contribution in [0.1, 0.15) is 25.1 Å². The van der Waals surface area contributed by atoms with Crippen molar-refractivity contribution in [1.82, 2.24) is 10.1 Å². The highest BCUT2D eigenvalue weighted by Gasteiger charge is 2.29. The molecule has 6 nitrogen and oxygen atoms in total. The van der Waals surface area contributed by atoms with Crippen LogP contribution in [0.25, 0.3) is 0 Å². The average molecular weight is 258 g/mol. The summed E-state index contributed by atoms with van der Waals surface area (Å²) in [4.78, 5) is 14.9. The smallest absolute Gasteiger partial charge is 0.234 e. The van der Waals surface area contributed by atoms with Gasteiger partial charge in [0, 0.05) is 6.42 Å². The summed E-state index contributed by atoms with van der Waals surface area (Å²) in [6.07, 6.45) is 1.29. The van der Waals surface area contributed by atoms with Crippen molar-refractivity contribution in [2.75, 3.05) is 11.5 Å². The first kappa shape index (κ1) is 12.2. The molecule has 94 valence electrons. The first-order valence-corrected chi connectivity index (χ1v) is 7.28. The van der Waals surface area contributed by atoms with Crippen LogP contribution < -0.4 is 0 Å². The fourth-order valence-electron chi connectivity index (χ4n) is 1.95. The lowest BCUT2D eigenvalue weighted by molar-refractivity contribution is -0.116. The van der Waals surface area contributed by atoms with E-state index >= 15 is 0 Å². The Bertz CT molecular complexity index is 520. The van der Waals surface area contributed by atoms with Gasteiger partial charge in [-0.15, -0.1) is 0 Å². The number of ketones is 1. The van der Waals surface area contributed by atoms with E-state index in [-0.39, 0.29) is 29.6 Å². The van der Waals surface area contributed by atoms with Gasteiger partial charge in [-0.25, -0.2) is 8.42 Å². The van der Waals surface area contributed by atoms with Gasteiger partial charge in [-0.3, -0.25) is 4.79 Å². The SMILES string of the molecule is CC(=O)Cc1nc(CC2CCS(=O)(=O)C2)no1. The zero-order valence-corrected chi connectivity index (χ0v) is 10.4. The Morgan fingerprint density at radius 1 is 1.53 bits per heavy atom. The van der Waals surface area contributed by atoms with Crippen molar-refractivity contribution in [3.8, 4) is 0 Å². The highest BCUT2D eigenvalue weighted by atomic mass is 32.2. The van der Waals surface area contributed by atoms with E-state index in [1.165, 1.54) is 6.92 Å². The molecule has 1 aliphatic rings. The third-order valence-corrected chi connectivity index (χ3v) is 4.55. The molecule has 0 radical (unpaired) electrons. The summed E-state index contributed by atoms with van der Waals surface area (Å²) >= 11 is 0. The number of rotatable bonds is 4. The second kappa shape index (κ2) is 4.56. The zero-order valence-electron chi connectivity index (χ0n) is 9.55. The van der Waals surface area contributed by atoms with Crippen molar-refractivity contribution < 1.29 is 17.7 Å². The van der Waals surface area contributed by atoms with Crippen LogP contribution in [0.4, 0.5) is 0 Å². The Morgan fingerprint density at radius 3 is 2.88 bits per heavy atom. The minimum Gasteiger partial charge on any atom is -0.339 e. The third kappa shape index (κ3) is 3.36. The molecule has 0 N–H and O–H groups in total. The molecule has 1 fully saturated rings. The van der Waals surface area contributed by atoms with Gasteiger partial charge in [-0.1, -0.05) is 5.16 Å². The van der Waals surface area contributed by atoms with E-state index in [2.05, 4.69) is 10.1 Å². The van der Waals surface area contributed by atoms with Crippen molar-refractivity contribution in [1.29, 1.82) is 0 Å². The normalized spacial score (nSPS) is 22.8. The summed E-state index contributed by atoms with van der Waals surface area (Å²) in [5, 5.41) is 3.75. The molecule has 1 aliphatic heterocycles. The lowest BCUT2D eigenvalue weighted by Gasteiger charge is -2.01. The molecular weight excluding hydrogens is 244 g/mol. The maximum absolute atomic E-state index is 11.3. The van der Waals surface area contributed by atoms with E-state index < -0.39 is 9.84 Å². The van der Waals surface area contributed by atoms with Crippen LogP contribution in [-0.4, -0.2) is 35.8 Å². The molecule has 1 atom stereocenters. The Labute approximate surface area is 99.3 Å². The van der Waals surface area contributed by atoms with Gasteiger partial charge in [0.15, 0.2) is 15.7 Å². The molecule has 0 aromatic carbocycles. The van der Waals surface area contributed by atoms with Gasteiger partial charge in [-0.05, 0) is 19.3 Å². The summed E-state index contributed by atoms with van der Waals surface area (Å²) in [5.74, 6) is 1.27. The van der Waals surface area contributed by atoms with E-state index in [0.29, 0.717) is 24.6 Å². The van der Waals surface area contributed by atoms with Crippen molar-refractivity contribution in [3.63, 3.8) is 0 Å². The Morgan fingerprint density at radius 2 is 2.29 bits per heavy atom. The Kier molecular flexibility index (Phi) is 3.28. The fourth-order valence-corrected chi connectivity index (χ4v) is 3.81. The number of carbonyl (C=O) groups excluding carboxylic acids is 1. The van der Waals surface area contributed by atoms with E-state index in [1.54, 1.807) is 0 Å². The first-order chi connectivity index (χ1) is 7.94. The van der Waals surface area contributed by atoms with Crippen LogP contribution in [0.3, 0.4) is 0 Å². The van der Waals surface area contributed by atoms with E-state index in [4.69, 9.17) is 4.52 Å². The highest BCUT2D eigenvalue weighted by Crippen LogP contribution is 2.21. The molecular formula is C10H14N2O4S. The number of carbonyl (C=O) groups is 1. The number of nitrogens with zero attached hydrogens (tertiary/aromatic N) is 2. The van der Waals surface area contributed by atoms with E-state index in [9.17, 15) is 13.2 Å². The number of sulfone groups is 1. The van der Waals surface area contributed by atoms with Crippen molar-refractivity contribution in [2.45, 2.75) is 26.2 Å². The number of aromatic nitrogens is 2. The predicted molar refractivity (Wildman–Crippen MR) is 59.1 cm³/mol. The quantitative estimate of drug-likeness (QED) is 0.765. The highest BCUT2D eigenvalue weighted by molar-refractivity contribution is 7.91. The van der Waals surface area contributed by atoms with Gasteiger partial charge in [0.2, 0.25) is 5.89 Å². The molecule has 1 unspecified atom stereocenters.